The number of aliphatic hydroxyl groups is 1. The smallest absolute Gasteiger partial charge is 0.327 e. The number of aliphatic carboxylic acids is 1. The van der Waals surface area contributed by atoms with Crippen LogP contribution in [0.1, 0.15) is 17.3 Å². The van der Waals surface area contributed by atoms with E-state index in [4.69, 9.17) is 0 Å². The highest BCUT2D eigenvalue weighted by Crippen LogP contribution is 2.21. The van der Waals surface area contributed by atoms with Crippen molar-refractivity contribution >= 4 is 5.97 Å². The SMILES string of the molecule is O=C(O)C(c1ccc[nH]1)N(CCO)Cc1ccccc1. The number of benzene rings is 1. The van der Waals surface area contributed by atoms with Crippen LogP contribution in [0.4, 0.5) is 0 Å². The summed E-state index contributed by atoms with van der Waals surface area (Å²) in [7, 11) is 0. The van der Waals surface area contributed by atoms with Crippen LogP contribution in [0.15, 0.2) is 48.7 Å². The molecular weight excluding hydrogens is 256 g/mol. The summed E-state index contributed by atoms with van der Waals surface area (Å²) in [6.07, 6.45) is 1.70. The molecule has 1 atom stereocenters. The Bertz CT molecular complexity index is 525. The van der Waals surface area contributed by atoms with Gasteiger partial charge in [0.15, 0.2) is 0 Å². The predicted molar refractivity (Wildman–Crippen MR) is 75.1 cm³/mol. The molecule has 106 valence electrons. The van der Waals surface area contributed by atoms with Crippen molar-refractivity contribution in [1.82, 2.24) is 9.88 Å². The molecule has 0 aliphatic heterocycles. The number of nitrogens with zero attached hydrogens (tertiary/aromatic N) is 1. The second kappa shape index (κ2) is 6.88. The monoisotopic (exact) mass is 274 g/mol. The average Bonchev–Trinajstić information content (AvgIpc) is 2.93. The fourth-order valence-electron chi connectivity index (χ4n) is 2.25. The zero-order chi connectivity index (χ0) is 14.4. The van der Waals surface area contributed by atoms with Crippen molar-refractivity contribution in [3.05, 3.63) is 59.9 Å². The van der Waals surface area contributed by atoms with Crippen LogP contribution in [0.5, 0.6) is 0 Å². The Balaban J connectivity index is 2.23. The number of H-pyrrole nitrogens is 1. The van der Waals surface area contributed by atoms with Crippen molar-refractivity contribution in [1.29, 1.82) is 0 Å². The van der Waals surface area contributed by atoms with Crippen molar-refractivity contribution in [2.75, 3.05) is 13.2 Å². The van der Waals surface area contributed by atoms with Gasteiger partial charge >= 0.3 is 5.97 Å². The lowest BCUT2D eigenvalue weighted by Gasteiger charge is -2.27. The number of aliphatic hydroxyl groups excluding tert-OH is 1. The molecule has 5 heteroatoms. The summed E-state index contributed by atoms with van der Waals surface area (Å²) >= 11 is 0. The topological polar surface area (TPSA) is 76.6 Å². The van der Waals surface area contributed by atoms with Gasteiger partial charge in [0.2, 0.25) is 0 Å². The molecule has 0 radical (unpaired) electrons. The van der Waals surface area contributed by atoms with E-state index in [9.17, 15) is 15.0 Å². The number of rotatable bonds is 7. The lowest BCUT2D eigenvalue weighted by molar-refractivity contribution is -0.144. The molecule has 0 aliphatic rings. The lowest BCUT2D eigenvalue weighted by atomic mass is 10.1. The van der Waals surface area contributed by atoms with Crippen LogP contribution in [-0.4, -0.2) is 39.2 Å². The molecule has 1 unspecified atom stereocenters. The lowest BCUT2D eigenvalue weighted by Crippen LogP contribution is -2.36. The Hall–Kier alpha value is -2.11. The Morgan fingerprint density at radius 2 is 1.95 bits per heavy atom. The first-order valence-corrected chi connectivity index (χ1v) is 6.47. The molecule has 0 spiro atoms. The van der Waals surface area contributed by atoms with Crippen LogP contribution in [0.25, 0.3) is 0 Å². The van der Waals surface area contributed by atoms with E-state index in [2.05, 4.69) is 4.98 Å². The molecule has 1 heterocycles. The summed E-state index contributed by atoms with van der Waals surface area (Å²) < 4.78 is 0. The number of nitrogens with one attached hydrogen (secondary N) is 1. The molecule has 0 aliphatic carbocycles. The molecule has 0 amide bonds. The van der Waals surface area contributed by atoms with Crippen molar-refractivity contribution in [2.24, 2.45) is 0 Å². The maximum Gasteiger partial charge on any atom is 0.327 e. The third-order valence-electron chi connectivity index (χ3n) is 3.13. The minimum Gasteiger partial charge on any atom is -0.480 e. The minimum absolute atomic E-state index is 0.0860. The average molecular weight is 274 g/mol. The van der Waals surface area contributed by atoms with Gasteiger partial charge in [-0.2, -0.15) is 0 Å². The van der Waals surface area contributed by atoms with Crippen molar-refractivity contribution in [3.63, 3.8) is 0 Å². The van der Waals surface area contributed by atoms with Crippen molar-refractivity contribution in [2.45, 2.75) is 12.6 Å². The Morgan fingerprint density at radius 3 is 2.50 bits per heavy atom. The maximum absolute atomic E-state index is 11.6. The van der Waals surface area contributed by atoms with E-state index in [1.807, 2.05) is 30.3 Å². The molecule has 1 aromatic carbocycles. The standard InChI is InChI=1S/C15H18N2O3/c18-10-9-17(11-12-5-2-1-3-6-12)14(15(19)20)13-7-4-8-16-13/h1-8,14,16,18H,9-11H2,(H,19,20). The summed E-state index contributed by atoms with van der Waals surface area (Å²) in [6.45, 7) is 0.680. The molecule has 20 heavy (non-hydrogen) atoms. The van der Waals surface area contributed by atoms with E-state index < -0.39 is 12.0 Å². The fourth-order valence-corrected chi connectivity index (χ4v) is 2.25. The molecular formula is C15H18N2O3. The Morgan fingerprint density at radius 1 is 1.20 bits per heavy atom. The largest absolute Gasteiger partial charge is 0.480 e. The van der Waals surface area contributed by atoms with E-state index in [0.717, 1.165) is 5.56 Å². The first-order valence-electron chi connectivity index (χ1n) is 6.47. The normalized spacial score (nSPS) is 12.5. The molecule has 1 aromatic heterocycles. The summed E-state index contributed by atoms with van der Waals surface area (Å²) in [5.41, 5.74) is 1.63. The van der Waals surface area contributed by atoms with Crippen molar-refractivity contribution < 1.29 is 15.0 Å². The summed E-state index contributed by atoms with van der Waals surface area (Å²) in [6, 6.07) is 12.3. The van der Waals surface area contributed by atoms with Gasteiger partial charge in [-0.05, 0) is 17.7 Å². The minimum atomic E-state index is -0.933. The Kier molecular flexibility index (Phi) is 4.92. The zero-order valence-corrected chi connectivity index (χ0v) is 11.1. The van der Waals surface area contributed by atoms with E-state index in [0.29, 0.717) is 18.8 Å². The second-order valence-electron chi connectivity index (χ2n) is 4.55. The number of carboxylic acids is 1. The molecule has 0 bridgehead atoms. The van der Waals surface area contributed by atoms with Crippen LogP contribution in [0.3, 0.4) is 0 Å². The van der Waals surface area contributed by atoms with Crippen LogP contribution in [0.2, 0.25) is 0 Å². The van der Waals surface area contributed by atoms with Gasteiger partial charge in [-0.15, -0.1) is 0 Å². The van der Waals surface area contributed by atoms with E-state index in [1.165, 1.54) is 0 Å². The number of aromatic nitrogens is 1. The third-order valence-corrected chi connectivity index (χ3v) is 3.13. The molecule has 3 N–H and O–H groups in total. The van der Waals surface area contributed by atoms with Crippen LogP contribution in [-0.2, 0) is 11.3 Å². The highest BCUT2D eigenvalue weighted by molar-refractivity contribution is 5.74. The highest BCUT2D eigenvalue weighted by Gasteiger charge is 2.27. The molecule has 5 nitrogen and oxygen atoms in total. The first kappa shape index (κ1) is 14.3. The van der Waals surface area contributed by atoms with E-state index in [1.54, 1.807) is 23.2 Å². The van der Waals surface area contributed by atoms with Gasteiger partial charge in [0.25, 0.3) is 0 Å². The zero-order valence-electron chi connectivity index (χ0n) is 11.1. The number of hydrogen-bond donors (Lipinski definition) is 3. The number of carboxylic acid groups (broad SMARTS) is 1. The van der Waals surface area contributed by atoms with Crippen molar-refractivity contribution in [3.8, 4) is 0 Å². The summed E-state index contributed by atoms with van der Waals surface area (Å²) in [4.78, 5) is 16.2. The second-order valence-corrected chi connectivity index (χ2v) is 4.55. The molecule has 2 rings (SSSR count). The van der Waals surface area contributed by atoms with Crippen LogP contribution in [0, 0.1) is 0 Å². The molecule has 0 saturated heterocycles. The van der Waals surface area contributed by atoms with E-state index in [-0.39, 0.29) is 6.61 Å². The first-order chi connectivity index (χ1) is 9.72. The molecule has 0 saturated carbocycles. The highest BCUT2D eigenvalue weighted by atomic mass is 16.4. The fraction of sp³-hybridized carbons (Fsp3) is 0.267. The quantitative estimate of drug-likeness (QED) is 0.717. The van der Waals surface area contributed by atoms with Gasteiger partial charge < -0.3 is 15.2 Å². The van der Waals surface area contributed by atoms with E-state index >= 15 is 0 Å². The summed E-state index contributed by atoms with van der Waals surface area (Å²) in [5.74, 6) is -0.933. The number of hydrogen-bond acceptors (Lipinski definition) is 3. The molecule has 2 aromatic rings. The van der Waals surface area contributed by atoms with Gasteiger partial charge in [0.05, 0.1) is 6.61 Å². The maximum atomic E-state index is 11.6. The Labute approximate surface area is 117 Å². The van der Waals surface area contributed by atoms with Gasteiger partial charge in [0, 0.05) is 25.0 Å². The van der Waals surface area contributed by atoms with Crippen LogP contribution >= 0.6 is 0 Å². The van der Waals surface area contributed by atoms with Gasteiger partial charge in [0.1, 0.15) is 6.04 Å². The number of aromatic amines is 1. The van der Waals surface area contributed by atoms with Gasteiger partial charge in [-0.25, -0.2) is 0 Å². The summed E-state index contributed by atoms with van der Waals surface area (Å²) in [5, 5.41) is 18.7. The van der Waals surface area contributed by atoms with Gasteiger partial charge in [-0.3, -0.25) is 9.69 Å². The van der Waals surface area contributed by atoms with Crippen LogP contribution < -0.4 is 0 Å². The number of carbonyl (C=O) groups is 1. The predicted octanol–water partition coefficient (Wildman–Crippen LogP) is 1.63. The molecule has 0 fully saturated rings. The third kappa shape index (κ3) is 3.46. The van der Waals surface area contributed by atoms with Gasteiger partial charge in [-0.1, -0.05) is 30.3 Å².